The maximum atomic E-state index is 12.4. The van der Waals surface area contributed by atoms with Gasteiger partial charge >= 0.3 is 5.97 Å². The molecule has 1 N–H and O–H groups in total. The second kappa shape index (κ2) is 7.04. The maximum Gasteiger partial charge on any atom is 0.311 e. The summed E-state index contributed by atoms with van der Waals surface area (Å²) in [5.41, 5.74) is -0.180. The molecule has 6 heteroatoms. The molecule has 0 saturated carbocycles. The van der Waals surface area contributed by atoms with E-state index in [4.69, 9.17) is 4.74 Å². The molecule has 0 spiro atoms. The molecule has 1 saturated heterocycles. The SMILES string of the molecule is COCCC[C@@]1(C(=O)O)CCCN(C(=O)c2ccsc2)C1. The average Bonchev–Trinajstić information content (AvgIpc) is 3.01. The number of thiophene rings is 1. The van der Waals surface area contributed by atoms with Crippen LogP contribution in [0.2, 0.25) is 0 Å². The van der Waals surface area contributed by atoms with Gasteiger partial charge < -0.3 is 14.7 Å². The summed E-state index contributed by atoms with van der Waals surface area (Å²) in [4.78, 5) is 25.9. The zero-order valence-electron chi connectivity index (χ0n) is 12.2. The number of likely N-dealkylation sites (tertiary alicyclic amines) is 1. The highest BCUT2D eigenvalue weighted by Crippen LogP contribution is 2.35. The third-order valence-electron chi connectivity index (χ3n) is 4.09. The summed E-state index contributed by atoms with van der Waals surface area (Å²) in [5.74, 6) is -0.866. The summed E-state index contributed by atoms with van der Waals surface area (Å²) in [6.07, 6.45) is 2.60. The third kappa shape index (κ3) is 3.63. The fourth-order valence-corrected chi connectivity index (χ4v) is 3.54. The Kier molecular flexibility index (Phi) is 5.36. The van der Waals surface area contributed by atoms with Gasteiger partial charge in [0.25, 0.3) is 5.91 Å². The van der Waals surface area contributed by atoms with Gasteiger partial charge in [-0.2, -0.15) is 11.3 Å². The topological polar surface area (TPSA) is 66.8 Å². The average molecular weight is 311 g/mol. The molecule has 0 unspecified atom stereocenters. The van der Waals surface area contributed by atoms with E-state index in [2.05, 4.69) is 0 Å². The number of ether oxygens (including phenoxy) is 1. The molecule has 1 fully saturated rings. The molecule has 1 amide bonds. The van der Waals surface area contributed by atoms with Crippen LogP contribution in [0.5, 0.6) is 0 Å². The number of carbonyl (C=O) groups excluding carboxylic acids is 1. The number of carbonyl (C=O) groups is 2. The fourth-order valence-electron chi connectivity index (χ4n) is 2.91. The van der Waals surface area contributed by atoms with Crippen LogP contribution < -0.4 is 0 Å². The van der Waals surface area contributed by atoms with Crippen molar-refractivity contribution < 1.29 is 19.4 Å². The van der Waals surface area contributed by atoms with Crippen molar-refractivity contribution in [3.05, 3.63) is 22.4 Å². The molecule has 116 valence electrons. The van der Waals surface area contributed by atoms with Gasteiger partial charge in [-0.05, 0) is 37.1 Å². The zero-order valence-corrected chi connectivity index (χ0v) is 13.0. The summed E-state index contributed by atoms with van der Waals surface area (Å²) >= 11 is 1.47. The lowest BCUT2D eigenvalue weighted by atomic mass is 9.76. The highest BCUT2D eigenvalue weighted by Gasteiger charge is 2.43. The van der Waals surface area contributed by atoms with Gasteiger partial charge in [-0.25, -0.2) is 0 Å². The quantitative estimate of drug-likeness (QED) is 0.820. The van der Waals surface area contributed by atoms with E-state index in [9.17, 15) is 14.7 Å². The Morgan fingerprint density at radius 3 is 2.95 bits per heavy atom. The number of carboxylic acid groups (broad SMARTS) is 1. The molecule has 1 aromatic rings. The Balaban J connectivity index is 2.09. The van der Waals surface area contributed by atoms with Gasteiger partial charge in [0, 0.05) is 32.2 Å². The van der Waals surface area contributed by atoms with Gasteiger partial charge in [-0.15, -0.1) is 0 Å². The molecule has 1 aliphatic rings. The molecule has 2 heterocycles. The van der Waals surface area contributed by atoms with Gasteiger partial charge in [0.2, 0.25) is 0 Å². The van der Waals surface area contributed by atoms with Gasteiger partial charge in [0.1, 0.15) is 0 Å². The largest absolute Gasteiger partial charge is 0.481 e. The number of methoxy groups -OCH3 is 1. The number of hydrogen-bond donors (Lipinski definition) is 1. The van der Waals surface area contributed by atoms with E-state index in [0.717, 1.165) is 6.42 Å². The van der Waals surface area contributed by atoms with Crippen LogP contribution >= 0.6 is 11.3 Å². The molecule has 21 heavy (non-hydrogen) atoms. The first kappa shape index (κ1) is 16.0. The molecule has 2 rings (SSSR count). The first-order valence-electron chi connectivity index (χ1n) is 7.13. The Bertz CT molecular complexity index is 488. The minimum absolute atomic E-state index is 0.0617. The summed E-state index contributed by atoms with van der Waals surface area (Å²) in [6.45, 7) is 1.47. The van der Waals surface area contributed by atoms with Gasteiger partial charge in [-0.3, -0.25) is 9.59 Å². The molecular formula is C15H21NO4S. The fraction of sp³-hybridized carbons (Fsp3) is 0.600. The van der Waals surface area contributed by atoms with Gasteiger partial charge in [0.05, 0.1) is 11.0 Å². The normalized spacial score (nSPS) is 22.2. The van der Waals surface area contributed by atoms with Crippen molar-refractivity contribution in [1.82, 2.24) is 4.90 Å². The predicted octanol–water partition coefficient (Wildman–Crippen LogP) is 2.48. The molecule has 0 bridgehead atoms. The Morgan fingerprint density at radius 2 is 2.33 bits per heavy atom. The molecule has 5 nitrogen and oxygen atoms in total. The van der Waals surface area contributed by atoms with E-state index in [1.165, 1.54) is 11.3 Å². The second-order valence-electron chi connectivity index (χ2n) is 5.52. The second-order valence-corrected chi connectivity index (χ2v) is 6.30. The molecular weight excluding hydrogens is 290 g/mol. The number of rotatable bonds is 6. The number of hydrogen-bond acceptors (Lipinski definition) is 4. The van der Waals surface area contributed by atoms with Crippen LogP contribution in [0.15, 0.2) is 16.8 Å². The minimum Gasteiger partial charge on any atom is -0.481 e. The van der Waals surface area contributed by atoms with E-state index in [1.807, 2.05) is 10.8 Å². The van der Waals surface area contributed by atoms with E-state index < -0.39 is 11.4 Å². The Hall–Kier alpha value is -1.40. The number of aliphatic carboxylic acids is 1. The van der Waals surface area contributed by atoms with Crippen molar-refractivity contribution in [1.29, 1.82) is 0 Å². The smallest absolute Gasteiger partial charge is 0.311 e. The first-order valence-corrected chi connectivity index (χ1v) is 8.07. The van der Waals surface area contributed by atoms with Crippen LogP contribution in [0.4, 0.5) is 0 Å². The first-order chi connectivity index (χ1) is 10.1. The van der Waals surface area contributed by atoms with Crippen LogP contribution in [0.1, 0.15) is 36.0 Å². The van der Waals surface area contributed by atoms with Crippen LogP contribution in [-0.4, -0.2) is 48.7 Å². The third-order valence-corrected chi connectivity index (χ3v) is 4.77. The molecule has 0 radical (unpaired) electrons. The number of piperidine rings is 1. The van der Waals surface area contributed by atoms with Crippen molar-refractivity contribution in [2.24, 2.45) is 5.41 Å². The highest BCUT2D eigenvalue weighted by atomic mass is 32.1. The zero-order chi connectivity index (χ0) is 15.3. The monoisotopic (exact) mass is 311 g/mol. The number of amides is 1. The van der Waals surface area contributed by atoms with Crippen molar-refractivity contribution in [2.75, 3.05) is 26.8 Å². The summed E-state index contributed by atoms with van der Waals surface area (Å²) in [6, 6.07) is 1.79. The summed E-state index contributed by atoms with van der Waals surface area (Å²) in [7, 11) is 1.61. The lowest BCUT2D eigenvalue weighted by Gasteiger charge is -2.40. The Labute approximate surface area is 128 Å². The molecule has 0 aliphatic carbocycles. The van der Waals surface area contributed by atoms with Crippen LogP contribution in [0, 0.1) is 5.41 Å². The van der Waals surface area contributed by atoms with Crippen molar-refractivity contribution in [2.45, 2.75) is 25.7 Å². The lowest BCUT2D eigenvalue weighted by molar-refractivity contribution is -0.152. The van der Waals surface area contributed by atoms with Crippen LogP contribution in [0.25, 0.3) is 0 Å². The van der Waals surface area contributed by atoms with Gasteiger partial charge in [-0.1, -0.05) is 0 Å². The minimum atomic E-state index is -0.831. The Morgan fingerprint density at radius 1 is 1.52 bits per heavy atom. The van der Waals surface area contributed by atoms with Crippen LogP contribution in [0.3, 0.4) is 0 Å². The molecule has 1 atom stereocenters. The summed E-state index contributed by atoms with van der Waals surface area (Å²) < 4.78 is 5.02. The van der Waals surface area contributed by atoms with Crippen molar-refractivity contribution in [3.63, 3.8) is 0 Å². The molecule has 0 aromatic carbocycles. The van der Waals surface area contributed by atoms with Crippen molar-refractivity contribution in [3.8, 4) is 0 Å². The predicted molar refractivity (Wildman–Crippen MR) is 80.6 cm³/mol. The van der Waals surface area contributed by atoms with E-state index in [0.29, 0.717) is 44.5 Å². The van der Waals surface area contributed by atoms with E-state index in [1.54, 1.807) is 18.1 Å². The van der Waals surface area contributed by atoms with E-state index in [-0.39, 0.29) is 5.91 Å². The van der Waals surface area contributed by atoms with Crippen LogP contribution in [-0.2, 0) is 9.53 Å². The van der Waals surface area contributed by atoms with Gasteiger partial charge in [0.15, 0.2) is 0 Å². The maximum absolute atomic E-state index is 12.4. The number of carboxylic acids is 1. The lowest BCUT2D eigenvalue weighted by Crippen LogP contribution is -2.50. The van der Waals surface area contributed by atoms with E-state index >= 15 is 0 Å². The standard InChI is InChI=1S/C15H21NO4S/c1-20-8-3-6-15(14(18)19)5-2-7-16(11-15)13(17)12-4-9-21-10-12/h4,9-10H,2-3,5-8,11H2,1H3,(H,18,19)/t15-/m0/s1. The highest BCUT2D eigenvalue weighted by molar-refractivity contribution is 7.08. The molecule has 1 aromatic heterocycles. The summed E-state index contributed by atoms with van der Waals surface area (Å²) in [5, 5.41) is 13.3. The number of nitrogens with zero attached hydrogens (tertiary/aromatic N) is 1. The molecule has 1 aliphatic heterocycles. The van der Waals surface area contributed by atoms with Crippen molar-refractivity contribution >= 4 is 23.2 Å².